The van der Waals surface area contributed by atoms with Gasteiger partial charge in [-0.25, -0.2) is 0 Å². The molecule has 1 aliphatic heterocycles. The lowest BCUT2D eigenvalue weighted by Crippen LogP contribution is -2.24. The number of likely N-dealkylation sites (tertiary alicyclic amines) is 1. The number of aromatic nitrogens is 2. The lowest BCUT2D eigenvalue weighted by atomic mass is 10.2. The summed E-state index contributed by atoms with van der Waals surface area (Å²) < 4.78 is 10.5. The topological polar surface area (TPSA) is 51.4 Å². The molecule has 0 unspecified atom stereocenters. The summed E-state index contributed by atoms with van der Waals surface area (Å²) in [5, 5.41) is 4.08. The highest BCUT2D eigenvalue weighted by Crippen LogP contribution is 2.20. The van der Waals surface area contributed by atoms with Crippen LogP contribution in [0.3, 0.4) is 0 Å². The lowest BCUT2D eigenvalue weighted by Gasteiger charge is -2.16. The highest BCUT2D eigenvalue weighted by molar-refractivity contribution is 5.55. The van der Waals surface area contributed by atoms with Crippen molar-refractivity contribution in [3.63, 3.8) is 0 Å². The average molecular weight is 287 g/mol. The van der Waals surface area contributed by atoms with E-state index in [4.69, 9.17) is 9.26 Å². The van der Waals surface area contributed by atoms with E-state index in [1.54, 1.807) is 7.11 Å². The summed E-state index contributed by atoms with van der Waals surface area (Å²) in [5.41, 5.74) is 0.946. The van der Waals surface area contributed by atoms with Crippen LogP contribution in [0.5, 0.6) is 5.75 Å². The van der Waals surface area contributed by atoms with Crippen molar-refractivity contribution in [2.75, 3.05) is 20.2 Å². The number of benzene rings is 1. The molecule has 0 spiro atoms. The first-order valence-corrected chi connectivity index (χ1v) is 7.54. The van der Waals surface area contributed by atoms with Gasteiger partial charge < -0.3 is 9.26 Å². The Bertz CT molecular complexity index is 557. The summed E-state index contributed by atoms with van der Waals surface area (Å²) in [6.45, 7) is 3.00. The summed E-state index contributed by atoms with van der Waals surface area (Å²) in [5.74, 6) is 2.16. The standard InChI is InChI=1S/C16H21N3O2/c1-20-14-8-6-13(7-9-14)16-17-15(21-18-16)12-19-10-4-2-3-5-11-19/h6-9H,2-5,10-12H2,1H3. The molecule has 5 nitrogen and oxygen atoms in total. The van der Waals surface area contributed by atoms with Crippen molar-refractivity contribution in [2.24, 2.45) is 0 Å². The minimum atomic E-state index is 0.641. The van der Waals surface area contributed by atoms with Crippen LogP contribution in [0.25, 0.3) is 11.4 Å². The number of nitrogens with zero attached hydrogens (tertiary/aromatic N) is 3. The fourth-order valence-corrected chi connectivity index (χ4v) is 2.66. The second-order valence-electron chi connectivity index (χ2n) is 5.43. The Kier molecular flexibility index (Phi) is 4.50. The van der Waals surface area contributed by atoms with Crippen LogP contribution in [0, 0.1) is 0 Å². The predicted octanol–water partition coefficient (Wildman–Crippen LogP) is 3.12. The summed E-state index contributed by atoms with van der Waals surface area (Å²) in [7, 11) is 1.66. The molecule has 2 heterocycles. The molecule has 21 heavy (non-hydrogen) atoms. The number of methoxy groups -OCH3 is 1. The number of rotatable bonds is 4. The first-order chi connectivity index (χ1) is 10.3. The van der Waals surface area contributed by atoms with E-state index in [9.17, 15) is 0 Å². The molecule has 0 N–H and O–H groups in total. The third kappa shape index (κ3) is 3.61. The van der Waals surface area contributed by atoms with Crippen LogP contribution in [0.1, 0.15) is 31.6 Å². The molecule has 1 aliphatic rings. The first kappa shape index (κ1) is 14.1. The molecule has 3 rings (SSSR count). The molecule has 0 radical (unpaired) electrons. The predicted molar refractivity (Wildman–Crippen MR) is 80.0 cm³/mol. The van der Waals surface area contributed by atoms with E-state index in [-0.39, 0.29) is 0 Å². The van der Waals surface area contributed by atoms with Crippen LogP contribution in [0.4, 0.5) is 0 Å². The van der Waals surface area contributed by atoms with Crippen LogP contribution in [0.15, 0.2) is 28.8 Å². The quantitative estimate of drug-likeness (QED) is 0.864. The van der Waals surface area contributed by atoms with Crippen molar-refractivity contribution >= 4 is 0 Å². The van der Waals surface area contributed by atoms with E-state index >= 15 is 0 Å². The van der Waals surface area contributed by atoms with Crippen LogP contribution in [0.2, 0.25) is 0 Å². The number of hydrogen-bond acceptors (Lipinski definition) is 5. The molecule has 1 aromatic heterocycles. The summed E-state index contributed by atoms with van der Waals surface area (Å²) in [4.78, 5) is 6.90. The zero-order valence-electron chi connectivity index (χ0n) is 12.4. The van der Waals surface area contributed by atoms with E-state index in [0.717, 1.165) is 30.9 Å². The Morgan fingerprint density at radius 2 is 1.81 bits per heavy atom. The van der Waals surface area contributed by atoms with Gasteiger partial charge in [0, 0.05) is 5.56 Å². The Labute approximate surface area is 124 Å². The fraction of sp³-hybridized carbons (Fsp3) is 0.500. The van der Waals surface area contributed by atoms with E-state index < -0.39 is 0 Å². The van der Waals surface area contributed by atoms with Crippen molar-refractivity contribution in [1.29, 1.82) is 0 Å². The highest BCUT2D eigenvalue weighted by Gasteiger charge is 2.14. The monoisotopic (exact) mass is 287 g/mol. The molecule has 5 heteroatoms. The maximum absolute atomic E-state index is 5.39. The van der Waals surface area contributed by atoms with Crippen molar-refractivity contribution in [3.8, 4) is 17.1 Å². The van der Waals surface area contributed by atoms with E-state index in [2.05, 4.69) is 15.0 Å². The first-order valence-electron chi connectivity index (χ1n) is 7.54. The lowest BCUT2D eigenvalue weighted by molar-refractivity contribution is 0.234. The van der Waals surface area contributed by atoms with Gasteiger partial charge in [-0.05, 0) is 50.2 Å². The van der Waals surface area contributed by atoms with E-state index in [0.29, 0.717) is 11.7 Å². The van der Waals surface area contributed by atoms with Gasteiger partial charge in [0.25, 0.3) is 0 Å². The van der Waals surface area contributed by atoms with Crippen molar-refractivity contribution in [1.82, 2.24) is 15.0 Å². The smallest absolute Gasteiger partial charge is 0.241 e. The van der Waals surface area contributed by atoms with Gasteiger partial charge in [-0.1, -0.05) is 18.0 Å². The molecule has 1 saturated heterocycles. The number of ether oxygens (including phenoxy) is 1. The van der Waals surface area contributed by atoms with Gasteiger partial charge in [-0.2, -0.15) is 4.98 Å². The minimum absolute atomic E-state index is 0.641. The molecule has 0 aliphatic carbocycles. The highest BCUT2D eigenvalue weighted by atomic mass is 16.5. The third-order valence-corrected chi connectivity index (χ3v) is 3.87. The molecule has 1 fully saturated rings. The second kappa shape index (κ2) is 6.72. The molecule has 1 aromatic carbocycles. The van der Waals surface area contributed by atoms with E-state index in [1.165, 1.54) is 25.7 Å². The molecule has 0 amide bonds. The Morgan fingerprint density at radius 1 is 1.10 bits per heavy atom. The minimum Gasteiger partial charge on any atom is -0.497 e. The molecular weight excluding hydrogens is 266 g/mol. The van der Waals surface area contributed by atoms with Crippen molar-refractivity contribution in [2.45, 2.75) is 32.2 Å². The van der Waals surface area contributed by atoms with Gasteiger partial charge in [0.1, 0.15) is 5.75 Å². The van der Waals surface area contributed by atoms with Crippen LogP contribution >= 0.6 is 0 Å². The summed E-state index contributed by atoms with van der Waals surface area (Å²) >= 11 is 0. The molecule has 0 atom stereocenters. The van der Waals surface area contributed by atoms with Gasteiger partial charge in [0.05, 0.1) is 13.7 Å². The van der Waals surface area contributed by atoms with Gasteiger partial charge in [0.2, 0.25) is 11.7 Å². The molecule has 112 valence electrons. The van der Waals surface area contributed by atoms with E-state index in [1.807, 2.05) is 24.3 Å². The Balaban J connectivity index is 1.67. The maximum atomic E-state index is 5.39. The third-order valence-electron chi connectivity index (χ3n) is 3.87. The van der Waals surface area contributed by atoms with Crippen molar-refractivity contribution in [3.05, 3.63) is 30.2 Å². The summed E-state index contributed by atoms with van der Waals surface area (Å²) in [6, 6.07) is 7.69. The molecular formula is C16H21N3O2. The Morgan fingerprint density at radius 3 is 2.48 bits per heavy atom. The summed E-state index contributed by atoms with van der Waals surface area (Å²) in [6.07, 6.45) is 5.19. The van der Waals surface area contributed by atoms with Crippen LogP contribution in [-0.4, -0.2) is 35.2 Å². The maximum Gasteiger partial charge on any atom is 0.241 e. The number of hydrogen-bond donors (Lipinski definition) is 0. The second-order valence-corrected chi connectivity index (χ2v) is 5.43. The van der Waals surface area contributed by atoms with Crippen molar-refractivity contribution < 1.29 is 9.26 Å². The average Bonchev–Trinajstić information content (AvgIpc) is 2.83. The Hall–Kier alpha value is -1.88. The SMILES string of the molecule is COc1ccc(-c2noc(CN3CCCCCC3)n2)cc1. The fourth-order valence-electron chi connectivity index (χ4n) is 2.66. The van der Waals surface area contributed by atoms with Gasteiger partial charge >= 0.3 is 0 Å². The molecule has 0 bridgehead atoms. The zero-order chi connectivity index (χ0) is 14.5. The largest absolute Gasteiger partial charge is 0.497 e. The van der Waals surface area contributed by atoms with Crippen LogP contribution in [-0.2, 0) is 6.54 Å². The van der Waals surface area contributed by atoms with Crippen LogP contribution < -0.4 is 4.74 Å². The normalized spacial score (nSPS) is 16.6. The zero-order valence-corrected chi connectivity index (χ0v) is 12.4. The van der Waals surface area contributed by atoms with Gasteiger partial charge in [-0.3, -0.25) is 4.90 Å². The molecule has 0 saturated carbocycles. The van der Waals surface area contributed by atoms with Gasteiger partial charge in [-0.15, -0.1) is 0 Å². The van der Waals surface area contributed by atoms with Gasteiger partial charge in [0.15, 0.2) is 0 Å². The molecule has 2 aromatic rings.